The summed E-state index contributed by atoms with van der Waals surface area (Å²) in [6.45, 7) is 3.82. The number of benzene rings is 1. The van der Waals surface area contributed by atoms with Crippen molar-refractivity contribution in [3.63, 3.8) is 0 Å². The molecule has 1 rings (SSSR count). The minimum atomic E-state index is -0.922. The highest BCUT2D eigenvalue weighted by molar-refractivity contribution is 5.95. The largest absolute Gasteiger partial charge is 0.399 e. The molecule has 0 aliphatic carbocycles. The Morgan fingerprint density at radius 1 is 1.39 bits per heavy atom. The first-order valence-electron chi connectivity index (χ1n) is 5.97. The molecule has 1 aromatic rings. The first-order valence-corrected chi connectivity index (χ1v) is 5.97. The summed E-state index contributed by atoms with van der Waals surface area (Å²) >= 11 is 0. The molecule has 0 aromatic heterocycles. The second-order valence-electron chi connectivity index (χ2n) is 4.39. The predicted molar refractivity (Wildman–Crippen MR) is 68.7 cm³/mol. The number of anilines is 1. The van der Waals surface area contributed by atoms with Crippen LogP contribution in [0, 0.1) is 5.82 Å². The van der Waals surface area contributed by atoms with Crippen molar-refractivity contribution in [1.29, 1.82) is 0 Å². The Morgan fingerprint density at radius 2 is 2.00 bits per heavy atom. The lowest BCUT2D eigenvalue weighted by Crippen LogP contribution is -2.42. The summed E-state index contributed by atoms with van der Waals surface area (Å²) in [6, 6.07) is 3.66. The molecule has 18 heavy (non-hydrogen) atoms. The Bertz CT molecular complexity index is 411. The van der Waals surface area contributed by atoms with Crippen molar-refractivity contribution in [2.24, 2.45) is 0 Å². The number of nitrogen functional groups attached to an aromatic ring is 1. The summed E-state index contributed by atoms with van der Waals surface area (Å²) in [5, 5.41) is 12.6. The Hall–Kier alpha value is -1.62. The van der Waals surface area contributed by atoms with E-state index in [1.54, 1.807) is 0 Å². The molecule has 0 radical (unpaired) electrons. The number of halogens is 1. The molecule has 0 spiro atoms. The van der Waals surface area contributed by atoms with Crippen LogP contribution in [0.3, 0.4) is 0 Å². The van der Waals surface area contributed by atoms with E-state index >= 15 is 0 Å². The van der Waals surface area contributed by atoms with Crippen LogP contribution in [0.25, 0.3) is 0 Å². The fourth-order valence-corrected chi connectivity index (χ4v) is 1.59. The number of carbonyl (C=O) groups excluding carboxylic acids is 1. The smallest absolute Gasteiger partial charge is 0.251 e. The van der Waals surface area contributed by atoms with Crippen LogP contribution < -0.4 is 11.1 Å². The zero-order chi connectivity index (χ0) is 13.8. The van der Waals surface area contributed by atoms with Crippen LogP contribution in [-0.4, -0.2) is 23.2 Å². The minimum absolute atomic E-state index is 0.134. The van der Waals surface area contributed by atoms with E-state index in [1.807, 2.05) is 13.8 Å². The van der Waals surface area contributed by atoms with Gasteiger partial charge in [-0.2, -0.15) is 0 Å². The van der Waals surface area contributed by atoms with Crippen LogP contribution in [0.15, 0.2) is 18.2 Å². The highest BCUT2D eigenvalue weighted by atomic mass is 19.1. The zero-order valence-corrected chi connectivity index (χ0v) is 10.7. The molecule has 0 atom stereocenters. The standard InChI is InChI=1S/C13H19FN2O2/c1-3-13(18,4-2)8-16-12(17)9-5-10(14)7-11(15)6-9/h5-7,18H,3-4,8,15H2,1-2H3,(H,16,17). The molecular weight excluding hydrogens is 235 g/mol. The van der Waals surface area contributed by atoms with Crippen LogP contribution in [-0.2, 0) is 0 Å². The third kappa shape index (κ3) is 3.70. The molecule has 100 valence electrons. The van der Waals surface area contributed by atoms with Gasteiger partial charge < -0.3 is 16.2 Å². The average Bonchev–Trinajstić information content (AvgIpc) is 2.34. The maximum atomic E-state index is 13.1. The Labute approximate surface area is 106 Å². The Kier molecular flexibility index (Phi) is 4.67. The lowest BCUT2D eigenvalue weighted by Gasteiger charge is -2.25. The summed E-state index contributed by atoms with van der Waals surface area (Å²) in [4.78, 5) is 11.8. The number of hydrogen-bond donors (Lipinski definition) is 3. The topological polar surface area (TPSA) is 75.3 Å². The van der Waals surface area contributed by atoms with E-state index in [4.69, 9.17) is 5.73 Å². The van der Waals surface area contributed by atoms with Crippen molar-refractivity contribution in [2.45, 2.75) is 32.3 Å². The van der Waals surface area contributed by atoms with Crippen LogP contribution in [0.4, 0.5) is 10.1 Å². The number of rotatable bonds is 5. The van der Waals surface area contributed by atoms with Gasteiger partial charge in [0, 0.05) is 17.8 Å². The molecule has 0 bridgehead atoms. The van der Waals surface area contributed by atoms with E-state index in [9.17, 15) is 14.3 Å². The second kappa shape index (κ2) is 5.82. The molecule has 0 unspecified atom stereocenters. The number of nitrogens with two attached hydrogens (primary N) is 1. The molecule has 0 saturated carbocycles. The zero-order valence-electron chi connectivity index (χ0n) is 10.7. The lowest BCUT2D eigenvalue weighted by atomic mass is 9.97. The highest BCUT2D eigenvalue weighted by Gasteiger charge is 2.23. The maximum Gasteiger partial charge on any atom is 0.251 e. The van der Waals surface area contributed by atoms with Crippen LogP contribution >= 0.6 is 0 Å². The lowest BCUT2D eigenvalue weighted by molar-refractivity contribution is 0.0314. The minimum Gasteiger partial charge on any atom is -0.399 e. The number of hydrogen-bond acceptors (Lipinski definition) is 3. The van der Waals surface area contributed by atoms with Gasteiger partial charge in [0.2, 0.25) is 0 Å². The Balaban J connectivity index is 2.71. The van der Waals surface area contributed by atoms with E-state index in [2.05, 4.69) is 5.32 Å². The molecule has 0 fully saturated rings. The first-order chi connectivity index (χ1) is 8.40. The monoisotopic (exact) mass is 254 g/mol. The number of aliphatic hydroxyl groups is 1. The van der Waals surface area contributed by atoms with Gasteiger partial charge in [-0.25, -0.2) is 4.39 Å². The molecule has 0 heterocycles. The predicted octanol–water partition coefficient (Wildman–Crippen LogP) is 1.69. The van der Waals surface area contributed by atoms with E-state index in [1.165, 1.54) is 6.07 Å². The summed E-state index contributed by atoms with van der Waals surface area (Å²) in [7, 11) is 0. The Morgan fingerprint density at radius 3 is 2.50 bits per heavy atom. The van der Waals surface area contributed by atoms with E-state index in [0.29, 0.717) is 12.8 Å². The number of amides is 1. The van der Waals surface area contributed by atoms with E-state index in [0.717, 1.165) is 12.1 Å². The van der Waals surface area contributed by atoms with Gasteiger partial charge >= 0.3 is 0 Å². The molecule has 0 aliphatic heterocycles. The number of nitrogens with one attached hydrogen (secondary N) is 1. The molecule has 0 saturated heterocycles. The van der Waals surface area contributed by atoms with Crippen LogP contribution in [0.2, 0.25) is 0 Å². The molecule has 4 N–H and O–H groups in total. The fourth-order valence-electron chi connectivity index (χ4n) is 1.59. The molecule has 4 nitrogen and oxygen atoms in total. The molecular formula is C13H19FN2O2. The van der Waals surface area contributed by atoms with Crippen molar-refractivity contribution < 1.29 is 14.3 Å². The summed E-state index contributed by atoms with van der Waals surface area (Å²) in [5.41, 5.74) is 4.89. The van der Waals surface area contributed by atoms with Gasteiger partial charge in [-0.1, -0.05) is 13.8 Å². The van der Waals surface area contributed by atoms with Gasteiger partial charge in [0.25, 0.3) is 5.91 Å². The van der Waals surface area contributed by atoms with E-state index in [-0.39, 0.29) is 17.8 Å². The van der Waals surface area contributed by atoms with Gasteiger partial charge in [-0.3, -0.25) is 4.79 Å². The second-order valence-corrected chi connectivity index (χ2v) is 4.39. The van der Waals surface area contributed by atoms with Gasteiger partial charge in [0.15, 0.2) is 0 Å². The summed E-state index contributed by atoms with van der Waals surface area (Å²) < 4.78 is 13.1. The van der Waals surface area contributed by atoms with Crippen molar-refractivity contribution >= 4 is 11.6 Å². The number of carbonyl (C=O) groups is 1. The van der Waals surface area contributed by atoms with Crippen LogP contribution in [0.5, 0.6) is 0 Å². The van der Waals surface area contributed by atoms with E-state index < -0.39 is 17.3 Å². The summed E-state index contributed by atoms with van der Waals surface area (Å²) in [5.74, 6) is -0.997. The highest BCUT2D eigenvalue weighted by Crippen LogP contribution is 2.14. The van der Waals surface area contributed by atoms with Gasteiger partial charge in [-0.15, -0.1) is 0 Å². The van der Waals surface area contributed by atoms with Crippen molar-refractivity contribution in [2.75, 3.05) is 12.3 Å². The van der Waals surface area contributed by atoms with Crippen molar-refractivity contribution in [3.05, 3.63) is 29.6 Å². The molecule has 0 aliphatic rings. The summed E-state index contributed by atoms with van der Waals surface area (Å²) in [6.07, 6.45) is 1.07. The maximum absolute atomic E-state index is 13.1. The third-order valence-electron chi connectivity index (χ3n) is 3.08. The fraction of sp³-hybridized carbons (Fsp3) is 0.462. The van der Waals surface area contributed by atoms with Gasteiger partial charge in [0.1, 0.15) is 5.82 Å². The molecule has 1 aromatic carbocycles. The van der Waals surface area contributed by atoms with Gasteiger partial charge in [-0.05, 0) is 31.0 Å². The first kappa shape index (κ1) is 14.4. The van der Waals surface area contributed by atoms with Gasteiger partial charge in [0.05, 0.1) is 5.60 Å². The van der Waals surface area contributed by atoms with Crippen molar-refractivity contribution in [3.8, 4) is 0 Å². The normalized spacial score (nSPS) is 11.3. The van der Waals surface area contributed by atoms with Crippen molar-refractivity contribution in [1.82, 2.24) is 5.32 Å². The quantitative estimate of drug-likeness (QED) is 0.700. The molecule has 1 amide bonds. The van der Waals surface area contributed by atoms with Crippen LogP contribution in [0.1, 0.15) is 37.0 Å². The molecule has 5 heteroatoms. The SMILES string of the molecule is CCC(O)(CC)CNC(=O)c1cc(N)cc(F)c1. The average molecular weight is 254 g/mol. The third-order valence-corrected chi connectivity index (χ3v) is 3.08.